The molecule has 0 aliphatic carbocycles. The van der Waals surface area contributed by atoms with E-state index in [1.54, 1.807) is 18.3 Å². The van der Waals surface area contributed by atoms with Gasteiger partial charge in [-0.15, -0.1) is 0 Å². The molecule has 0 aliphatic rings. The SMILES string of the molecule is Nc1c(Cl)cc(C(O)CNC(=O)CCCCCOCCc2ccccn2)cc1Cl. The number of aliphatic hydroxyl groups is 1. The minimum Gasteiger partial charge on any atom is -0.396 e. The molecule has 0 aliphatic heterocycles. The van der Waals surface area contributed by atoms with E-state index < -0.39 is 6.10 Å². The topological polar surface area (TPSA) is 97.5 Å². The molecule has 0 spiro atoms. The van der Waals surface area contributed by atoms with Crippen LogP contribution in [0.1, 0.15) is 43.0 Å². The van der Waals surface area contributed by atoms with Crippen molar-refractivity contribution < 1.29 is 14.6 Å². The van der Waals surface area contributed by atoms with Crippen LogP contribution >= 0.6 is 23.2 Å². The number of pyridine rings is 1. The molecule has 158 valence electrons. The molecule has 1 atom stereocenters. The number of anilines is 1. The first-order chi connectivity index (χ1) is 14.0. The Morgan fingerprint density at radius 1 is 1.17 bits per heavy atom. The summed E-state index contributed by atoms with van der Waals surface area (Å²) in [6.45, 7) is 1.41. The summed E-state index contributed by atoms with van der Waals surface area (Å²) in [6, 6.07) is 8.94. The fourth-order valence-electron chi connectivity index (χ4n) is 2.70. The molecule has 2 rings (SSSR count). The first kappa shape index (κ1) is 23.4. The number of rotatable bonds is 12. The summed E-state index contributed by atoms with van der Waals surface area (Å²) in [4.78, 5) is 16.2. The van der Waals surface area contributed by atoms with Gasteiger partial charge in [0.1, 0.15) is 0 Å². The third-order valence-electron chi connectivity index (χ3n) is 4.40. The van der Waals surface area contributed by atoms with Crippen LogP contribution in [0.15, 0.2) is 36.5 Å². The lowest BCUT2D eigenvalue weighted by Gasteiger charge is -2.14. The third kappa shape index (κ3) is 8.58. The van der Waals surface area contributed by atoms with Crippen molar-refractivity contribution in [1.82, 2.24) is 10.3 Å². The summed E-state index contributed by atoms with van der Waals surface area (Å²) in [5, 5.41) is 13.5. The Morgan fingerprint density at radius 3 is 2.62 bits per heavy atom. The molecule has 0 saturated heterocycles. The zero-order valence-electron chi connectivity index (χ0n) is 16.2. The van der Waals surface area contributed by atoms with Crippen LogP contribution in [0.2, 0.25) is 10.0 Å². The number of carbonyl (C=O) groups excluding carboxylic acids is 1. The summed E-state index contributed by atoms with van der Waals surface area (Å²) in [7, 11) is 0. The quantitative estimate of drug-likeness (QED) is 0.343. The number of hydrogen-bond acceptors (Lipinski definition) is 5. The Labute approximate surface area is 181 Å². The van der Waals surface area contributed by atoms with Crippen molar-refractivity contribution in [1.29, 1.82) is 0 Å². The van der Waals surface area contributed by atoms with Crippen molar-refractivity contribution >= 4 is 34.8 Å². The van der Waals surface area contributed by atoms with Crippen molar-refractivity contribution in [2.45, 2.75) is 38.2 Å². The molecule has 6 nitrogen and oxygen atoms in total. The number of nitrogens with zero attached hydrogens (tertiary/aromatic N) is 1. The maximum absolute atomic E-state index is 11.9. The van der Waals surface area contributed by atoms with E-state index in [2.05, 4.69) is 10.3 Å². The van der Waals surface area contributed by atoms with Gasteiger partial charge in [-0.3, -0.25) is 9.78 Å². The number of aromatic nitrogens is 1. The van der Waals surface area contributed by atoms with E-state index in [1.165, 1.54) is 0 Å². The zero-order valence-corrected chi connectivity index (χ0v) is 17.8. The lowest BCUT2D eigenvalue weighted by Crippen LogP contribution is -2.28. The van der Waals surface area contributed by atoms with Crippen LogP contribution in [0.4, 0.5) is 5.69 Å². The molecule has 0 radical (unpaired) electrons. The van der Waals surface area contributed by atoms with Gasteiger partial charge in [-0.2, -0.15) is 0 Å². The molecular weight excluding hydrogens is 413 g/mol. The predicted molar refractivity (Wildman–Crippen MR) is 116 cm³/mol. The monoisotopic (exact) mass is 439 g/mol. The average Bonchev–Trinajstić information content (AvgIpc) is 2.72. The highest BCUT2D eigenvalue weighted by molar-refractivity contribution is 6.38. The third-order valence-corrected chi connectivity index (χ3v) is 5.03. The van der Waals surface area contributed by atoms with E-state index in [0.29, 0.717) is 25.2 Å². The molecule has 4 N–H and O–H groups in total. The van der Waals surface area contributed by atoms with Crippen LogP contribution in [0.5, 0.6) is 0 Å². The Kier molecular flexibility index (Phi) is 10.2. The van der Waals surface area contributed by atoms with E-state index in [9.17, 15) is 9.90 Å². The second-order valence-electron chi connectivity index (χ2n) is 6.71. The molecule has 1 amide bonds. The number of unbranched alkanes of at least 4 members (excludes halogenated alkanes) is 2. The number of amides is 1. The van der Waals surface area contributed by atoms with Crippen molar-refractivity contribution in [2.75, 3.05) is 25.5 Å². The van der Waals surface area contributed by atoms with E-state index in [1.807, 2.05) is 18.2 Å². The predicted octanol–water partition coefficient (Wildman–Crippen LogP) is 3.94. The van der Waals surface area contributed by atoms with Crippen LogP contribution in [-0.2, 0) is 16.0 Å². The highest BCUT2D eigenvalue weighted by Crippen LogP contribution is 2.31. The largest absolute Gasteiger partial charge is 0.396 e. The number of nitrogen functional groups attached to an aromatic ring is 1. The van der Waals surface area contributed by atoms with Gasteiger partial charge in [0.25, 0.3) is 0 Å². The van der Waals surface area contributed by atoms with Gasteiger partial charge in [-0.1, -0.05) is 35.7 Å². The minimum atomic E-state index is -0.901. The lowest BCUT2D eigenvalue weighted by molar-refractivity contribution is -0.121. The van der Waals surface area contributed by atoms with Crippen molar-refractivity contribution in [3.05, 3.63) is 57.8 Å². The highest BCUT2D eigenvalue weighted by atomic mass is 35.5. The molecule has 1 heterocycles. The second-order valence-corrected chi connectivity index (χ2v) is 7.53. The van der Waals surface area contributed by atoms with Crippen LogP contribution < -0.4 is 11.1 Å². The fourth-order valence-corrected chi connectivity index (χ4v) is 3.21. The van der Waals surface area contributed by atoms with Crippen LogP contribution in [-0.4, -0.2) is 35.8 Å². The van der Waals surface area contributed by atoms with Gasteiger partial charge in [0.15, 0.2) is 0 Å². The number of hydrogen-bond donors (Lipinski definition) is 3. The molecule has 0 saturated carbocycles. The Morgan fingerprint density at radius 2 is 1.93 bits per heavy atom. The molecule has 1 aromatic carbocycles. The normalized spacial score (nSPS) is 12.0. The highest BCUT2D eigenvalue weighted by Gasteiger charge is 2.13. The van der Waals surface area contributed by atoms with Gasteiger partial charge in [-0.25, -0.2) is 0 Å². The van der Waals surface area contributed by atoms with Gasteiger partial charge in [0.05, 0.1) is 28.4 Å². The van der Waals surface area contributed by atoms with Crippen LogP contribution in [0.25, 0.3) is 0 Å². The van der Waals surface area contributed by atoms with Crippen LogP contribution in [0, 0.1) is 0 Å². The van der Waals surface area contributed by atoms with Gasteiger partial charge >= 0.3 is 0 Å². The van der Waals surface area contributed by atoms with E-state index >= 15 is 0 Å². The summed E-state index contributed by atoms with van der Waals surface area (Å²) in [5.74, 6) is -0.104. The van der Waals surface area contributed by atoms with E-state index in [0.717, 1.165) is 31.4 Å². The maximum atomic E-state index is 11.9. The van der Waals surface area contributed by atoms with E-state index in [4.69, 9.17) is 33.7 Å². The molecule has 0 bridgehead atoms. The van der Waals surface area contributed by atoms with Gasteiger partial charge in [0.2, 0.25) is 5.91 Å². The molecule has 1 aromatic heterocycles. The number of aliphatic hydroxyl groups excluding tert-OH is 1. The first-order valence-corrected chi connectivity index (χ1v) is 10.4. The summed E-state index contributed by atoms with van der Waals surface area (Å²) in [6.07, 6.45) is 4.66. The Balaban J connectivity index is 1.52. The lowest BCUT2D eigenvalue weighted by atomic mass is 10.1. The number of carbonyl (C=O) groups is 1. The molecule has 1 unspecified atom stereocenters. The average molecular weight is 440 g/mol. The summed E-state index contributed by atoms with van der Waals surface area (Å²) >= 11 is 11.9. The zero-order chi connectivity index (χ0) is 21.1. The summed E-state index contributed by atoms with van der Waals surface area (Å²) < 4.78 is 5.60. The minimum absolute atomic E-state index is 0.0893. The molecule has 0 fully saturated rings. The molecule has 2 aromatic rings. The van der Waals surface area contributed by atoms with Crippen molar-refractivity contribution in [2.24, 2.45) is 0 Å². The van der Waals surface area contributed by atoms with Crippen LogP contribution in [0.3, 0.4) is 0 Å². The number of halogens is 2. The van der Waals surface area contributed by atoms with Crippen molar-refractivity contribution in [3.63, 3.8) is 0 Å². The van der Waals surface area contributed by atoms with Gasteiger partial charge < -0.3 is 20.9 Å². The second kappa shape index (κ2) is 12.6. The van der Waals surface area contributed by atoms with Crippen molar-refractivity contribution in [3.8, 4) is 0 Å². The molecule has 8 heteroatoms. The number of nitrogens with two attached hydrogens (primary N) is 1. The fraction of sp³-hybridized carbons (Fsp3) is 0.429. The Bertz CT molecular complexity index is 752. The first-order valence-electron chi connectivity index (χ1n) is 9.64. The Hall–Kier alpha value is -1.86. The number of ether oxygens (including phenoxy) is 1. The van der Waals surface area contributed by atoms with E-state index in [-0.39, 0.29) is 28.2 Å². The number of nitrogens with one attached hydrogen (secondary N) is 1. The molecule has 29 heavy (non-hydrogen) atoms. The van der Waals surface area contributed by atoms with Gasteiger partial charge in [0, 0.05) is 37.9 Å². The molecular formula is C21H27Cl2N3O3. The standard InChI is InChI=1S/C21H27Cl2N3O3/c22-17-12-15(13-18(23)21(17)24)19(27)14-26-20(28)7-2-1-5-10-29-11-8-16-6-3-4-9-25-16/h3-4,6,9,12-13,19,27H,1-2,5,7-8,10-11,14,24H2,(H,26,28). The van der Waals surface area contributed by atoms with Gasteiger partial charge in [-0.05, 0) is 42.7 Å². The smallest absolute Gasteiger partial charge is 0.220 e. The summed E-state index contributed by atoms with van der Waals surface area (Å²) in [5.41, 5.74) is 7.49. The number of benzene rings is 1. The maximum Gasteiger partial charge on any atom is 0.220 e.